The molecule has 0 aliphatic carbocycles. The molecular weight excluding hydrogens is 1030 g/mol. The number of piperazine rings is 2. The van der Waals surface area contributed by atoms with Crippen LogP contribution >= 0.6 is 11.8 Å². The number of rotatable bonds is 10. The topological polar surface area (TPSA) is 211 Å². The van der Waals surface area contributed by atoms with Crippen LogP contribution in [0.4, 0.5) is 35.9 Å². The first kappa shape index (κ1) is 53.5. The molecule has 2 saturated heterocycles. The van der Waals surface area contributed by atoms with Gasteiger partial charge in [0.1, 0.15) is 12.1 Å². The van der Waals surface area contributed by atoms with Crippen molar-refractivity contribution >= 4 is 59.9 Å². The molecule has 4 amide bonds. The summed E-state index contributed by atoms with van der Waals surface area (Å²) in [6.45, 7) is -1.62. The molecular formula is C50H44F6N4O14S. The van der Waals surface area contributed by atoms with Crippen molar-refractivity contribution in [2.45, 2.75) is 47.1 Å². The van der Waals surface area contributed by atoms with Gasteiger partial charge in [-0.1, -0.05) is 36.0 Å². The van der Waals surface area contributed by atoms with E-state index in [0.717, 1.165) is 70.3 Å². The van der Waals surface area contributed by atoms with Crippen molar-refractivity contribution in [1.29, 1.82) is 0 Å². The van der Waals surface area contributed by atoms with E-state index in [2.05, 4.69) is 9.47 Å². The van der Waals surface area contributed by atoms with Gasteiger partial charge in [-0.3, -0.25) is 9.59 Å². The van der Waals surface area contributed by atoms with E-state index in [4.69, 9.17) is 19.6 Å². The molecule has 2 atom stereocenters. The van der Waals surface area contributed by atoms with Gasteiger partial charge in [0.25, 0.3) is 0 Å². The minimum atomic E-state index is -5.29. The Bertz CT molecular complexity index is 2810. The van der Waals surface area contributed by atoms with Gasteiger partial charge >= 0.3 is 36.5 Å². The normalized spacial score (nSPS) is 18.0. The van der Waals surface area contributed by atoms with E-state index < -0.39 is 106 Å². The van der Waals surface area contributed by atoms with Gasteiger partial charge in [0.15, 0.2) is 11.5 Å². The van der Waals surface area contributed by atoms with Crippen LogP contribution in [0.15, 0.2) is 82.6 Å². The maximum atomic E-state index is 15.9. The van der Waals surface area contributed by atoms with Crippen LogP contribution in [0.2, 0.25) is 0 Å². The molecule has 25 heteroatoms. The number of fused-ring (bicyclic) bond motifs is 2. The number of nitrogens with zero attached hydrogens (tertiary/aromatic N) is 4. The molecule has 0 radical (unpaired) electrons. The molecule has 4 aliphatic rings. The smallest absolute Gasteiger partial charge is 0.418 e. The van der Waals surface area contributed by atoms with E-state index in [1.807, 2.05) is 0 Å². The highest BCUT2D eigenvalue weighted by Gasteiger charge is 2.43. The van der Waals surface area contributed by atoms with E-state index in [9.17, 15) is 39.0 Å². The van der Waals surface area contributed by atoms with Gasteiger partial charge in [-0.2, -0.15) is 36.1 Å². The minimum absolute atomic E-state index is 0.0392. The van der Waals surface area contributed by atoms with Gasteiger partial charge in [-0.15, -0.1) is 0 Å². The quantitative estimate of drug-likeness (QED) is 0.0886. The fraction of sp³-hybridized carbons (Fsp3) is 0.320. The molecule has 4 aromatic carbocycles. The van der Waals surface area contributed by atoms with E-state index >= 15 is 26.3 Å². The number of hydrogen-bond donors (Lipinski definition) is 2. The van der Waals surface area contributed by atoms with Crippen molar-refractivity contribution in [2.24, 2.45) is 0 Å². The van der Waals surface area contributed by atoms with Crippen molar-refractivity contribution in [2.75, 3.05) is 66.7 Å². The third kappa shape index (κ3) is 11.5. The molecule has 396 valence electrons. The number of carbonyl (C=O) groups is 6. The lowest BCUT2D eigenvalue weighted by molar-refractivity contribution is -0.215. The monoisotopic (exact) mass is 1070 g/mol. The Labute approximate surface area is 426 Å². The van der Waals surface area contributed by atoms with Crippen molar-refractivity contribution in [3.63, 3.8) is 0 Å². The van der Waals surface area contributed by atoms with Crippen LogP contribution in [-0.4, -0.2) is 145 Å². The van der Waals surface area contributed by atoms with E-state index in [-0.39, 0.29) is 97.7 Å². The van der Waals surface area contributed by atoms with Gasteiger partial charge in [0.2, 0.25) is 11.8 Å². The molecule has 2 fully saturated rings. The van der Waals surface area contributed by atoms with Crippen LogP contribution < -0.4 is 9.78 Å². The Morgan fingerprint density at radius 2 is 1.00 bits per heavy atom. The minimum Gasteiger partial charge on any atom is -0.480 e. The number of benzene rings is 4. The molecule has 2 N–H and O–H groups in total. The van der Waals surface area contributed by atoms with Crippen LogP contribution in [0.3, 0.4) is 0 Å². The predicted molar refractivity (Wildman–Crippen MR) is 251 cm³/mol. The third-order valence-corrected chi connectivity index (χ3v) is 13.8. The van der Waals surface area contributed by atoms with Gasteiger partial charge in [0, 0.05) is 83.2 Å². The summed E-state index contributed by atoms with van der Waals surface area (Å²) in [6, 6.07) is 9.21. The van der Waals surface area contributed by atoms with E-state index in [1.54, 1.807) is 0 Å². The van der Waals surface area contributed by atoms with Crippen LogP contribution in [0.5, 0.6) is 11.5 Å². The predicted octanol–water partition coefficient (Wildman–Crippen LogP) is 7.70. The summed E-state index contributed by atoms with van der Waals surface area (Å²) >= 11 is 0.154. The lowest BCUT2D eigenvalue weighted by Gasteiger charge is -2.38. The Morgan fingerprint density at radius 1 is 0.600 bits per heavy atom. The summed E-state index contributed by atoms with van der Waals surface area (Å²) in [4.78, 5) is 99.4. The summed E-state index contributed by atoms with van der Waals surface area (Å²) in [5.74, 6) is -4.40. The Kier molecular flexibility index (Phi) is 15.7. The zero-order valence-corrected chi connectivity index (χ0v) is 40.4. The molecule has 2 unspecified atom stereocenters. The average molecular weight is 1070 g/mol. The van der Waals surface area contributed by atoms with Gasteiger partial charge in [0.05, 0.1) is 51.6 Å². The molecule has 0 saturated carbocycles. The van der Waals surface area contributed by atoms with Crippen LogP contribution in [-0.2, 0) is 63.6 Å². The highest BCUT2D eigenvalue weighted by atomic mass is 32.2. The number of carboxylic acids is 2. The third-order valence-electron chi connectivity index (χ3n) is 12.7. The maximum absolute atomic E-state index is 15.9. The lowest BCUT2D eigenvalue weighted by atomic mass is 9.91. The van der Waals surface area contributed by atoms with Crippen molar-refractivity contribution in [1.82, 2.24) is 19.6 Å². The number of methoxy groups -OCH3 is 2. The molecule has 8 rings (SSSR count). The molecule has 4 heterocycles. The van der Waals surface area contributed by atoms with E-state index in [0.29, 0.717) is 11.1 Å². The number of alkyl halides is 6. The second kappa shape index (κ2) is 22.0. The molecule has 18 nitrogen and oxygen atoms in total. The summed E-state index contributed by atoms with van der Waals surface area (Å²) in [5, 5.41) is 19.9. The number of aliphatic carboxylic acids is 2. The molecule has 0 spiro atoms. The number of halogens is 6. The fourth-order valence-corrected chi connectivity index (χ4v) is 10.3. The Hall–Kier alpha value is -7.77. The summed E-state index contributed by atoms with van der Waals surface area (Å²) < 4.78 is 105. The second-order valence-electron chi connectivity index (χ2n) is 17.1. The molecule has 75 heavy (non-hydrogen) atoms. The first-order valence-electron chi connectivity index (χ1n) is 22.8. The number of carboxylic acid groups (broad SMARTS) is 2. The number of hydrogen-bond acceptors (Lipinski definition) is 13. The molecule has 0 bridgehead atoms. The molecule has 4 aliphatic heterocycles. The van der Waals surface area contributed by atoms with Crippen molar-refractivity contribution in [3.8, 4) is 33.8 Å². The van der Waals surface area contributed by atoms with Gasteiger partial charge in [-0.05, 0) is 70.8 Å². The van der Waals surface area contributed by atoms with Gasteiger partial charge < -0.3 is 49.1 Å². The maximum Gasteiger partial charge on any atom is 0.418 e. The summed E-state index contributed by atoms with van der Waals surface area (Å²) in [6.07, 6.45) is -8.03. The zero-order valence-electron chi connectivity index (χ0n) is 39.6. The number of carbonyl (C=O) groups excluding carboxylic acids is 4. The number of ether oxygens (including phenoxy) is 2. The number of amides is 4. The summed E-state index contributed by atoms with van der Waals surface area (Å²) in [5.41, 5.74) is -3.62. The van der Waals surface area contributed by atoms with Crippen molar-refractivity contribution in [3.05, 3.63) is 106 Å². The lowest BCUT2D eigenvalue weighted by Crippen LogP contribution is -2.59. The largest absolute Gasteiger partial charge is 0.480 e. The Balaban J connectivity index is 1.25. The first-order chi connectivity index (χ1) is 35.7. The van der Waals surface area contributed by atoms with Crippen LogP contribution in [0.1, 0.15) is 33.4 Å². The SMILES string of the molecule is COC(=O)N1CCN(C(=O)/C=C/c2ccc(Sc3ccc(/C=C/C(=O)N4CCN(C(=O)OC)CC4C(=O)O)c(-c4ccc5c(c4)CCOO5)c3C(F)(F)F)c(C(F)(F)F)c2-c2ccc3c(c2)CCOO3)C(C(=O)O)C1. The van der Waals surface area contributed by atoms with Crippen molar-refractivity contribution < 1.29 is 94.3 Å². The van der Waals surface area contributed by atoms with E-state index in [1.165, 1.54) is 48.5 Å². The van der Waals surface area contributed by atoms with Gasteiger partial charge in [-0.25, -0.2) is 19.2 Å². The standard InChI is InChI=1S/C50H44F6N4O14S/c1-69-47(67)57-17-19-59(33(25-57)45(63)64)39(61)13-7-27-5-11-37(43(49(51,52)53)41(27)31-3-9-35-29(23-31)15-21-71-73-35)75-38-12-6-28(8-14-40(62)60-20-18-58(48(68)70-2)26-34(60)46(65)66)42(44(38)50(54,55)56)32-4-10-36-30(24-32)16-22-72-74-36/h3-14,23-24,33-34H,15-22,25-26H2,1-2H3,(H,63,64)(H,65,66)/b13-7+,14-8+. The van der Waals surface area contributed by atoms with Crippen LogP contribution in [0.25, 0.3) is 34.4 Å². The highest BCUT2D eigenvalue weighted by molar-refractivity contribution is 7.99. The summed E-state index contributed by atoms with van der Waals surface area (Å²) in [7, 11) is 2.19. The molecule has 4 aromatic rings. The van der Waals surface area contributed by atoms with Crippen LogP contribution in [0, 0.1) is 0 Å². The molecule has 0 aromatic heterocycles. The zero-order chi connectivity index (χ0) is 53.9. The average Bonchev–Trinajstić information content (AvgIpc) is 3.40. The second-order valence-corrected chi connectivity index (χ2v) is 18.2. The highest BCUT2D eigenvalue weighted by Crippen LogP contribution is 2.52. The first-order valence-corrected chi connectivity index (χ1v) is 23.6. The Morgan fingerprint density at radius 3 is 1.36 bits per heavy atom. The fourth-order valence-electron chi connectivity index (χ4n) is 9.11.